The smallest absolute Gasteiger partial charge is 0.224 e. The minimum absolute atomic E-state index is 0.0599. The van der Waals surface area contributed by atoms with Crippen LogP contribution in [0.3, 0.4) is 0 Å². The summed E-state index contributed by atoms with van der Waals surface area (Å²) in [6.07, 6.45) is 5.23. The van der Waals surface area contributed by atoms with Crippen molar-refractivity contribution in [3.05, 3.63) is 64.9 Å². The first-order valence-corrected chi connectivity index (χ1v) is 8.29. The number of aromatic nitrogens is 1. The number of halogens is 1. The van der Waals surface area contributed by atoms with E-state index in [4.69, 9.17) is 11.6 Å². The Morgan fingerprint density at radius 2 is 2.09 bits per heavy atom. The van der Waals surface area contributed by atoms with Crippen LogP contribution in [0.25, 0.3) is 0 Å². The van der Waals surface area contributed by atoms with Crippen molar-refractivity contribution in [3.63, 3.8) is 0 Å². The van der Waals surface area contributed by atoms with Gasteiger partial charge in [0, 0.05) is 28.9 Å². The van der Waals surface area contributed by atoms with E-state index in [2.05, 4.69) is 10.3 Å². The van der Waals surface area contributed by atoms with Crippen molar-refractivity contribution in [3.8, 4) is 0 Å². The lowest BCUT2D eigenvalue weighted by Crippen LogP contribution is -2.46. The Kier molecular flexibility index (Phi) is 4.40. The summed E-state index contributed by atoms with van der Waals surface area (Å²) in [6.45, 7) is 4.07. The van der Waals surface area contributed by atoms with Gasteiger partial charge >= 0.3 is 0 Å². The van der Waals surface area contributed by atoms with E-state index < -0.39 is 0 Å². The highest BCUT2D eigenvalue weighted by Crippen LogP contribution is 2.47. The van der Waals surface area contributed by atoms with Crippen LogP contribution in [0.15, 0.2) is 48.8 Å². The van der Waals surface area contributed by atoms with Gasteiger partial charge in [-0.3, -0.25) is 9.78 Å². The summed E-state index contributed by atoms with van der Waals surface area (Å²) in [5.74, 6) is 0.487. The second-order valence-corrected chi connectivity index (χ2v) is 7.28. The van der Waals surface area contributed by atoms with Crippen LogP contribution in [-0.4, -0.2) is 16.4 Å². The molecule has 0 saturated heterocycles. The van der Waals surface area contributed by atoms with Crippen molar-refractivity contribution >= 4 is 17.5 Å². The fourth-order valence-electron chi connectivity index (χ4n) is 3.04. The molecule has 4 heteroatoms. The van der Waals surface area contributed by atoms with E-state index in [1.807, 2.05) is 56.4 Å². The second kappa shape index (κ2) is 6.32. The summed E-state index contributed by atoms with van der Waals surface area (Å²) in [5.41, 5.74) is 1.88. The van der Waals surface area contributed by atoms with Crippen molar-refractivity contribution in [2.24, 2.45) is 5.92 Å². The van der Waals surface area contributed by atoms with Gasteiger partial charge in [-0.25, -0.2) is 0 Å². The lowest BCUT2D eigenvalue weighted by Gasteiger charge is -2.27. The minimum atomic E-state index is -0.329. The van der Waals surface area contributed by atoms with Gasteiger partial charge in [0.2, 0.25) is 5.91 Å². The summed E-state index contributed by atoms with van der Waals surface area (Å²) >= 11 is 6.23. The number of nitrogens with one attached hydrogen (secondary N) is 1. The van der Waals surface area contributed by atoms with E-state index in [1.165, 1.54) is 0 Å². The molecule has 2 unspecified atom stereocenters. The van der Waals surface area contributed by atoms with Crippen LogP contribution in [0.5, 0.6) is 0 Å². The van der Waals surface area contributed by atoms with E-state index >= 15 is 0 Å². The third-order valence-corrected chi connectivity index (χ3v) is 4.66. The van der Waals surface area contributed by atoms with Gasteiger partial charge in [0.05, 0.1) is 0 Å². The van der Waals surface area contributed by atoms with E-state index in [0.717, 1.165) is 22.6 Å². The number of hydrogen-bond acceptors (Lipinski definition) is 2. The van der Waals surface area contributed by atoms with Crippen LogP contribution in [0.4, 0.5) is 0 Å². The summed E-state index contributed by atoms with van der Waals surface area (Å²) in [4.78, 5) is 16.6. The van der Waals surface area contributed by atoms with Crippen LogP contribution in [0, 0.1) is 5.92 Å². The van der Waals surface area contributed by atoms with Gasteiger partial charge in [-0.1, -0.05) is 35.9 Å². The molecule has 23 heavy (non-hydrogen) atoms. The second-order valence-electron chi connectivity index (χ2n) is 6.88. The summed E-state index contributed by atoms with van der Waals surface area (Å²) in [7, 11) is 0. The van der Waals surface area contributed by atoms with Crippen LogP contribution < -0.4 is 5.32 Å². The zero-order chi connectivity index (χ0) is 16.4. The van der Waals surface area contributed by atoms with Gasteiger partial charge in [0.25, 0.3) is 0 Å². The quantitative estimate of drug-likeness (QED) is 0.902. The maximum Gasteiger partial charge on any atom is 0.224 e. The third kappa shape index (κ3) is 3.91. The van der Waals surface area contributed by atoms with Gasteiger partial charge in [-0.05, 0) is 55.9 Å². The predicted octanol–water partition coefficient (Wildman–Crippen LogP) is 3.98. The van der Waals surface area contributed by atoms with Gasteiger partial charge < -0.3 is 5.32 Å². The van der Waals surface area contributed by atoms with Gasteiger partial charge in [0.1, 0.15) is 0 Å². The highest BCUT2D eigenvalue weighted by Gasteiger charge is 2.45. The SMILES string of the molecule is CC(C)(Cc1ccccc1Cl)NC(=O)C1CC1c1cccnc1. The molecule has 1 amide bonds. The van der Waals surface area contributed by atoms with Crippen LogP contribution in [0.1, 0.15) is 37.3 Å². The summed E-state index contributed by atoms with van der Waals surface area (Å²) < 4.78 is 0. The fourth-order valence-corrected chi connectivity index (χ4v) is 3.24. The molecule has 0 radical (unpaired) electrons. The summed E-state index contributed by atoms with van der Waals surface area (Å²) in [6, 6.07) is 11.7. The number of benzene rings is 1. The molecule has 0 spiro atoms. The fraction of sp³-hybridized carbons (Fsp3) is 0.368. The number of carbonyl (C=O) groups excluding carboxylic acids is 1. The normalized spacial score (nSPS) is 20.1. The van der Waals surface area contributed by atoms with Crippen LogP contribution in [-0.2, 0) is 11.2 Å². The largest absolute Gasteiger partial charge is 0.351 e. The first kappa shape index (κ1) is 16.0. The Hall–Kier alpha value is -1.87. The van der Waals surface area contributed by atoms with Gasteiger partial charge in [-0.2, -0.15) is 0 Å². The molecule has 1 aromatic carbocycles. The Morgan fingerprint density at radius 3 is 2.78 bits per heavy atom. The van der Waals surface area contributed by atoms with Crippen molar-refractivity contribution in [2.45, 2.75) is 38.1 Å². The van der Waals surface area contributed by atoms with E-state index in [-0.39, 0.29) is 17.4 Å². The molecule has 3 rings (SSSR count). The maximum absolute atomic E-state index is 12.5. The lowest BCUT2D eigenvalue weighted by atomic mass is 9.94. The van der Waals surface area contributed by atoms with Crippen molar-refractivity contribution in [2.75, 3.05) is 0 Å². The van der Waals surface area contributed by atoms with E-state index in [0.29, 0.717) is 12.3 Å². The molecule has 3 nitrogen and oxygen atoms in total. The molecule has 1 N–H and O–H groups in total. The molecule has 0 bridgehead atoms. The molecule has 0 aliphatic heterocycles. The zero-order valence-corrected chi connectivity index (χ0v) is 14.2. The Balaban J connectivity index is 1.60. The lowest BCUT2D eigenvalue weighted by molar-refractivity contribution is -0.124. The Labute approximate surface area is 142 Å². The average molecular weight is 329 g/mol. The van der Waals surface area contributed by atoms with E-state index in [1.54, 1.807) is 6.20 Å². The molecule has 2 atom stereocenters. The van der Waals surface area contributed by atoms with E-state index in [9.17, 15) is 4.79 Å². The minimum Gasteiger partial charge on any atom is -0.351 e. The van der Waals surface area contributed by atoms with Crippen molar-refractivity contribution in [1.82, 2.24) is 10.3 Å². The van der Waals surface area contributed by atoms with Gasteiger partial charge in [0.15, 0.2) is 0 Å². The standard InChI is InChI=1S/C19H21ClN2O/c1-19(2,11-13-6-3-4-8-17(13)20)22-18(23)16-10-15(16)14-7-5-9-21-12-14/h3-9,12,15-16H,10-11H2,1-2H3,(H,22,23). The number of pyridine rings is 1. The topological polar surface area (TPSA) is 42.0 Å². The Bertz CT molecular complexity index is 700. The van der Waals surface area contributed by atoms with Crippen molar-refractivity contribution in [1.29, 1.82) is 0 Å². The molecule has 1 aromatic heterocycles. The maximum atomic E-state index is 12.5. The molecule has 2 aromatic rings. The van der Waals surface area contributed by atoms with Crippen molar-refractivity contribution < 1.29 is 4.79 Å². The number of carbonyl (C=O) groups is 1. The molecule has 1 heterocycles. The highest BCUT2D eigenvalue weighted by atomic mass is 35.5. The third-order valence-electron chi connectivity index (χ3n) is 4.29. The first-order chi connectivity index (χ1) is 11.0. The number of rotatable bonds is 5. The number of hydrogen-bond donors (Lipinski definition) is 1. The van der Waals surface area contributed by atoms with Crippen LogP contribution >= 0.6 is 11.6 Å². The van der Waals surface area contributed by atoms with Gasteiger partial charge in [-0.15, -0.1) is 0 Å². The molecular weight excluding hydrogens is 308 g/mol. The monoisotopic (exact) mass is 328 g/mol. The molecule has 1 aliphatic carbocycles. The Morgan fingerprint density at radius 1 is 1.30 bits per heavy atom. The molecule has 1 fully saturated rings. The first-order valence-electron chi connectivity index (χ1n) is 7.92. The van der Waals surface area contributed by atoms with Crippen LogP contribution in [0.2, 0.25) is 5.02 Å². The predicted molar refractivity (Wildman–Crippen MR) is 92.5 cm³/mol. The molecule has 1 saturated carbocycles. The molecule has 120 valence electrons. The number of nitrogens with zero attached hydrogens (tertiary/aromatic N) is 1. The molecule has 1 aliphatic rings. The molecular formula is C19H21ClN2O. The summed E-state index contributed by atoms with van der Waals surface area (Å²) in [5, 5.41) is 3.92. The highest BCUT2D eigenvalue weighted by molar-refractivity contribution is 6.31. The average Bonchev–Trinajstić information content (AvgIpc) is 3.30. The number of amides is 1. The zero-order valence-electron chi connectivity index (χ0n) is 13.4.